The molecule has 4 nitrogen and oxygen atoms in total. The van der Waals surface area contributed by atoms with E-state index in [9.17, 15) is 14.7 Å². The number of rotatable bonds is 7. The summed E-state index contributed by atoms with van der Waals surface area (Å²) in [5.41, 5.74) is 1.67. The van der Waals surface area contributed by atoms with Crippen LogP contribution in [0.1, 0.15) is 17.5 Å². The minimum absolute atomic E-state index is 0.164. The molecule has 0 radical (unpaired) electrons. The first-order valence-corrected chi connectivity index (χ1v) is 8.82. The molecule has 0 unspecified atom stereocenters. The van der Waals surface area contributed by atoms with Crippen molar-refractivity contribution in [1.82, 2.24) is 0 Å². The lowest BCUT2D eigenvalue weighted by atomic mass is 10.1. The van der Waals surface area contributed by atoms with Gasteiger partial charge >= 0.3 is 0 Å². The highest BCUT2D eigenvalue weighted by molar-refractivity contribution is 6.11. The van der Waals surface area contributed by atoms with Crippen LogP contribution in [0, 0.1) is 0 Å². The predicted octanol–water partition coefficient (Wildman–Crippen LogP) is 4.81. The fraction of sp³-hybridized carbons (Fsp3) is 0.0833. The Morgan fingerprint density at radius 2 is 1.39 bits per heavy atom. The van der Waals surface area contributed by atoms with Crippen LogP contribution in [0.15, 0.2) is 72.8 Å². The smallest absolute Gasteiger partial charge is 0.163 e. The average Bonchev–Trinajstić information content (AvgIpc) is 2.71. The third-order valence-corrected chi connectivity index (χ3v) is 4.24. The third kappa shape index (κ3) is 5.17. The number of ketones is 2. The molecular weight excluding hydrogens is 352 g/mol. The quantitative estimate of drug-likeness (QED) is 0.478. The fourth-order valence-electron chi connectivity index (χ4n) is 2.73. The maximum absolute atomic E-state index is 12.0. The van der Waals surface area contributed by atoms with E-state index >= 15 is 0 Å². The molecule has 0 bridgehead atoms. The lowest BCUT2D eigenvalue weighted by Crippen LogP contribution is -2.01. The molecule has 0 saturated carbocycles. The van der Waals surface area contributed by atoms with Crippen LogP contribution in [-0.4, -0.2) is 23.8 Å². The van der Waals surface area contributed by atoms with Crippen LogP contribution in [0.3, 0.4) is 0 Å². The van der Waals surface area contributed by atoms with Gasteiger partial charge in [0.1, 0.15) is 11.5 Å². The van der Waals surface area contributed by atoms with Crippen LogP contribution in [0.25, 0.3) is 22.9 Å². The summed E-state index contributed by atoms with van der Waals surface area (Å²) in [4.78, 5) is 24.0. The molecule has 0 heterocycles. The van der Waals surface area contributed by atoms with Crippen LogP contribution in [0.2, 0.25) is 0 Å². The SMILES string of the molecule is COc1ccc2cc(/C=C/C(=O)CC(=O)/C=C/c3ccc(O)cc3)ccc2c1. The van der Waals surface area contributed by atoms with Crippen molar-refractivity contribution in [3.8, 4) is 11.5 Å². The van der Waals surface area contributed by atoms with Crippen LogP contribution >= 0.6 is 0 Å². The number of ether oxygens (including phenoxy) is 1. The van der Waals surface area contributed by atoms with Crippen molar-refractivity contribution in [1.29, 1.82) is 0 Å². The molecular formula is C24H20O4. The van der Waals surface area contributed by atoms with E-state index in [2.05, 4.69) is 0 Å². The van der Waals surface area contributed by atoms with Crippen molar-refractivity contribution in [2.24, 2.45) is 0 Å². The normalized spacial score (nSPS) is 11.3. The molecule has 28 heavy (non-hydrogen) atoms. The minimum atomic E-state index is -0.270. The number of aromatic hydroxyl groups is 1. The van der Waals surface area contributed by atoms with Crippen molar-refractivity contribution in [2.75, 3.05) is 7.11 Å². The average molecular weight is 372 g/mol. The van der Waals surface area contributed by atoms with Gasteiger partial charge in [0.2, 0.25) is 0 Å². The number of hydrogen-bond acceptors (Lipinski definition) is 4. The van der Waals surface area contributed by atoms with Gasteiger partial charge in [-0.3, -0.25) is 9.59 Å². The summed E-state index contributed by atoms with van der Waals surface area (Å²) >= 11 is 0. The second-order valence-corrected chi connectivity index (χ2v) is 6.34. The number of carbonyl (C=O) groups is 2. The molecule has 3 rings (SSSR count). The van der Waals surface area contributed by atoms with Gasteiger partial charge in [0.25, 0.3) is 0 Å². The zero-order valence-corrected chi connectivity index (χ0v) is 15.5. The van der Waals surface area contributed by atoms with Crippen molar-refractivity contribution < 1.29 is 19.4 Å². The van der Waals surface area contributed by atoms with Gasteiger partial charge in [0, 0.05) is 0 Å². The molecule has 3 aromatic rings. The van der Waals surface area contributed by atoms with Gasteiger partial charge in [-0.1, -0.05) is 42.5 Å². The Hall–Kier alpha value is -3.66. The lowest BCUT2D eigenvalue weighted by molar-refractivity contribution is -0.121. The Bertz CT molecular complexity index is 1060. The second kappa shape index (κ2) is 8.82. The molecule has 0 saturated heterocycles. The van der Waals surface area contributed by atoms with Crippen molar-refractivity contribution in [2.45, 2.75) is 6.42 Å². The number of allylic oxidation sites excluding steroid dienone is 2. The number of methoxy groups -OCH3 is 1. The molecule has 0 aliphatic heterocycles. The molecule has 0 spiro atoms. The Balaban J connectivity index is 1.60. The van der Waals surface area contributed by atoms with E-state index in [0.29, 0.717) is 0 Å². The van der Waals surface area contributed by atoms with E-state index in [-0.39, 0.29) is 23.7 Å². The van der Waals surface area contributed by atoms with Crippen molar-refractivity contribution in [3.05, 3.63) is 83.9 Å². The zero-order valence-electron chi connectivity index (χ0n) is 15.5. The summed E-state index contributed by atoms with van der Waals surface area (Å²) in [6.07, 6.45) is 5.95. The molecule has 0 fully saturated rings. The number of carbonyl (C=O) groups excluding carboxylic acids is 2. The first-order valence-electron chi connectivity index (χ1n) is 8.82. The topological polar surface area (TPSA) is 63.6 Å². The van der Waals surface area contributed by atoms with Crippen LogP contribution in [-0.2, 0) is 9.59 Å². The van der Waals surface area contributed by atoms with E-state index in [1.807, 2.05) is 36.4 Å². The van der Waals surface area contributed by atoms with Gasteiger partial charge in [-0.05, 0) is 64.4 Å². The van der Waals surface area contributed by atoms with Gasteiger partial charge in [-0.25, -0.2) is 0 Å². The third-order valence-electron chi connectivity index (χ3n) is 4.24. The molecule has 0 amide bonds. The van der Waals surface area contributed by atoms with Crippen molar-refractivity contribution in [3.63, 3.8) is 0 Å². The van der Waals surface area contributed by atoms with Gasteiger partial charge in [0.15, 0.2) is 11.6 Å². The van der Waals surface area contributed by atoms with Gasteiger partial charge < -0.3 is 9.84 Å². The van der Waals surface area contributed by atoms with Crippen LogP contribution < -0.4 is 4.74 Å². The predicted molar refractivity (Wildman–Crippen MR) is 111 cm³/mol. The molecule has 0 aliphatic carbocycles. The Morgan fingerprint density at radius 1 is 0.821 bits per heavy atom. The maximum atomic E-state index is 12.0. The lowest BCUT2D eigenvalue weighted by Gasteiger charge is -2.03. The van der Waals surface area contributed by atoms with E-state index < -0.39 is 0 Å². The fourth-order valence-corrected chi connectivity index (χ4v) is 2.73. The summed E-state index contributed by atoms with van der Waals surface area (Å²) in [6.45, 7) is 0. The highest BCUT2D eigenvalue weighted by Gasteiger charge is 2.04. The number of phenols is 1. The van der Waals surface area contributed by atoms with E-state index in [1.165, 1.54) is 24.3 Å². The van der Waals surface area contributed by atoms with E-state index in [0.717, 1.165) is 27.6 Å². The molecule has 140 valence electrons. The Morgan fingerprint density at radius 3 is 2.07 bits per heavy atom. The number of fused-ring (bicyclic) bond motifs is 1. The van der Waals surface area contributed by atoms with Gasteiger partial charge in [0.05, 0.1) is 13.5 Å². The maximum Gasteiger partial charge on any atom is 0.163 e. The number of phenolic OH excluding ortho intramolecular Hbond substituents is 1. The van der Waals surface area contributed by atoms with Crippen molar-refractivity contribution >= 4 is 34.5 Å². The Kier molecular flexibility index (Phi) is 6.02. The number of hydrogen-bond donors (Lipinski definition) is 1. The van der Waals surface area contributed by atoms with E-state index in [4.69, 9.17) is 4.74 Å². The van der Waals surface area contributed by atoms with Crippen LogP contribution in [0.4, 0.5) is 0 Å². The minimum Gasteiger partial charge on any atom is -0.508 e. The Labute approximate surface area is 163 Å². The summed E-state index contributed by atoms with van der Waals surface area (Å²) < 4.78 is 5.21. The molecule has 1 N–H and O–H groups in total. The second-order valence-electron chi connectivity index (χ2n) is 6.34. The number of benzene rings is 3. The molecule has 0 aliphatic rings. The first-order chi connectivity index (χ1) is 13.5. The van der Waals surface area contributed by atoms with Crippen LogP contribution in [0.5, 0.6) is 11.5 Å². The molecule has 0 aromatic heterocycles. The van der Waals surface area contributed by atoms with Gasteiger partial charge in [-0.15, -0.1) is 0 Å². The largest absolute Gasteiger partial charge is 0.508 e. The monoisotopic (exact) mass is 372 g/mol. The highest BCUT2D eigenvalue weighted by atomic mass is 16.5. The summed E-state index contributed by atoms with van der Waals surface area (Å²) in [6, 6.07) is 18.1. The standard InChI is InChI=1S/C24H20O4/c1-28-24-13-8-19-14-18(2-7-20(19)15-24)6-12-23(27)16-22(26)11-5-17-3-9-21(25)10-4-17/h2-15,25H,16H2,1H3/b11-5+,12-6+. The summed E-state index contributed by atoms with van der Waals surface area (Å²) in [5.74, 6) is 0.435. The zero-order chi connectivity index (χ0) is 19.9. The summed E-state index contributed by atoms with van der Waals surface area (Å²) in [7, 11) is 1.63. The molecule has 3 aromatic carbocycles. The van der Waals surface area contributed by atoms with E-state index in [1.54, 1.807) is 31.4 Å². The molecule has 4 heteroatoms. The molecule has 0 atom stereocenters. The first kappa shape index (κ1) is 19.1. The summed E-state index contributed by atoms with van der Waals surface area (Å²) in [5, 5.41) is 11.3. The van der Waals surface area contributed by atoms with Gasteiger partial charge in [-0.2, -0.15) is 0 Å². The highest BCUT2D eigenvalue weighted by Crippen LogP contribution is 2.22.